The zero-order valence-electron chi connectivity index (χ0n) is 9.42. The molecule has 0 radical (unpaired) electrons. The molecule has 6 heteroatoms. The van der Waals surface area contributed by atoms with Gasteiger partial charge in [-0.05, 0) is 17.7 Å². The van der Waals surface area contributed by atoms with Gasteiger partial charge in [0.1, 0.15) is 5.92 Å². The number of hydrogen-bond acceptors (Lipinski definition) is 2. The van der Waals surface area contributed by atoms with Gasteiger partial charge in [0.05, 0.1) is 7.11 Å². The number of carbonyl (C=O) groups excluding carboxylic acids is 1. The Morgan fingerprint density at radius 1 is 1.33 bits per heavy atom. The van der Waals surface area contributed by atoms with E-state index in [1.807, 2.05) is 0 Å². The minimum Gasteiger partial charge on any atom is -0.466 e. The minimum absolute atomic E-state index is 0.109. The summed E-state index contributed by atoms with van der Waals surface area (Å²) >= 11 is 5.60. The number of benzene rings is 1. The van der Waals surface area contributed by atoms with Crippen molar-refractivity contribution < 1.29 is 22.7 Å². The topological polar surface area (TPSA) is 26.3 Å². The Bertz CT molecular complexity index is 451. The lowest BCUT2D eigenvalue weighted by Gasteiger charge is -2.21. The van der Waals surface area contributed by atoms with Crippen LogP contribution in [0.2, 0.25) is 5.02 Å². The van der Waals surface area contributed by atoms with Crippen molar-refractivity contribution in [2.45, 2.75) is 12.1 Å². The Morgan fingerprint density at radius 2 is 1.83 bits per heavy atom. The Kier molecular flexibility index (Phi) is 4.40. The third-order valence-corrected chi connectivity index (χ3v) is 2.58. The highest BCUT2D eigenvalue weighted by molar-refractivity contribution is 6.30. The van der Waals surface area contributed by atoms with E-state index in [0.29, 0.717) is 5.02 Å². The molecule has 1 atom stereocenters. The van der Waals surface area contributed by atoms with E-state index in [9.17, 15) is 18.0 Å². The van der Waals surface area contributed by atoms with Gasteiger partial charge in [0.2, 0.25) is 0 Å². The van der Waals surface area contributed by atoms with Gasteiger partial charge in [0.15, 0.2) is 0 Å². The van der Waals surface area contributed by atoms with Crippen LogP contribution in [0.4, 0.5) is 13.2 Å². The van der Waals surface area contributed by atoms with Crippen LogP contribution in [-0.2, 0) is 9.53 Å². The molecule has 98 valence electrons. The van der Waals surface area contributed by atoms with Gasteiger partial charge in [0, 0.05) is 10.6 Å². The van der Waals surface area contributed by atoms with Gasteiger partial charge in [-0.3, -0.25) is 0 Å². The molecular formula is C12H10ClF3O2. The van der Waals surface area contributed by atoms with Crippen LogP contribution in [0.5, 0.6) is 0 Å². The van der Waals surface area contributed by atoms with Gasteiger partial charge in [-0.15, -0.1) is 0 Å². The molecule has 0 heterocycles. The first-order chi connectivity index (χ1) is 8.27. The molecule has 0 unspecified atom stereocenters. The van der Waals surface area contributed by atoms with Crippen LogP contribution >= 0.6 is 11.6 Å². The first kappa shape index (κ1) is 14.6. The summed E-state index contributed by atoms with van der Waals surface area (Å²) in [6.45, 7) is 3.16. The van der Waals surface area contributed by atoms with Crippen molar-refractivity contribution in [3.05, 3.63) is 47.0 Å². The Labute approximate surface area is 107 Å². The highest BCUT2D eigenvalue weighted by Crippen LogP contribution is 2.40. The summed E-state index contributed by atoms with van der Waals surface area (Å²) in [5.74, 6) is -3.19. The normalized spacial score (nSPS) is 12.9. The number of methoxy groups -OCH3 is 1. The van der Waals surface area contributed by atoms with Crippen LogP contribution in [0.1, 0.15) is 11.5 Å². The largest absolute Gasteiger partial charge is 0.466 e. The average Bonchev–Trinajstić information content (AvgIpc) is 2.29. The van der Waals surface area contributed by atoms with E-state index in [2.05, 4.69) is 11.3 Å². The third kappa shape index (κ3) is 3.26. The molecule has 1 rings (SSSR count). The van der Waals surface area contributed by atoms with Crippen molar-refractivity contribution in [3.63, 3.8) is 0 Å². The first-order valence-corrected chi connectivity index (χ1v) is 5.24. The third-order valence-electron chi connectivity index (χ3n) is 2.33. The second-order valence-electron chi connectivity index (χ2n) is 3.54. The fourth-order valence-corrected chi connectivity index (χ4v) is 1.62. The number of rotatable bonds is 3. The van der Waals surface area contributed by atoms with Crippen LogP contribution in [0.25, 0.3) is 0 Å². The number of esters is 1. The molecule has 0 saturated carbocycles. The monoisotopic (exact) mass is 278 g/mol. The molecule has 0 N–H and O–H groups in total. The second-order valence-corrected chi connectivity index (χ2v) is 3.98. The van der Waals surface area contributed by atoms with Crippen LogP contribution in [-0.4, -0.2) is 19.3 Å². The van der Waals surface area contributed by atoms with Crippen molar-refractivity contribution in [2.24, 2.45) is 0 Å². The van der Waals surface area contributed by atoms with Crippen LogP contribution in [0.3, 0.4) is 0 Å². The summed E-state index contributed by atoms with van der Waals surface area (Å²) in [6.07, 6.45) is -4.63. The fraction of sp³-hybridized carbons (Fsp3) is 0.250. The van der Waals surface area contributed by atoms with E-state index in [0.717, 1.165) is 7.11 Å². The Hall–Kier alpha value is -1.49. The smallest absolute Gasteiger partial charge is 0.399 e. The highest BCUT2D eigenvalue weighted by atomic mass is 35.5. The molecule has 0 aliphatic carbocycles. The number of ether oxygens (including phenoxy) is 1. The molecule has 0 spiro atoms. The van der Waals surface area contributed by atoms with Gasteiger partial charge in [-0.2, -0.15) is 13.2 Å². The minimum atomic E-state index is -4.63. The maximum atomic E-state index is 13.0. The lowest BCUT2D eigenvalue weighted by Crippen LogP contribution is -2.26. The van der Waals surface area contributed by atoms with E-state index < -0.39 is 23.6 Å². The second kappa shape index (κ2) is 5.44. The maximum absolute atomic E-state index is 13.0. The van der Waals surface area contributed by atoms with Crippen molar-refractivity contribution in [3.8, 4) is 0 Å². The zero-order valence-corrected chi connectivity index (χ0v) is 10.2. The molecule has 0 bridgehead atoms. The molecule has 1 aromatic rings. The Balaban J connectivity index is 3.18. The molecule has 0 aliphatic heterocycles. The maximum Gasteiger partial charge on any atom is 0.399 e. The number of hydrogen-bond donors (Lipinski definition) is 0. The highest BCUT2D eigenvalue weighted by Gasteiger charge is 2.44. The van der Waals surface area contributed by atoms with Crippen molar-refractivity contribution in [1.82, 2.24) is 0 Å². The number of carbonyl (C=O) groups is 1. The number of alkyl halides is 3. The molecular weight excluding hydrogens is 269 g/mol. The van der Waals surface area contributed by atoms with Gasteiger partial charge >= 0.3 is 12.1 Å². The number of halogens is 4. The molecule has 0 fully saturated rings. The lowest BCUT2D eigenvalue weighted by atomic mass is 9.91. The molecule has 18 heavy (non-hydrogen) atoms. The predicted octanol–water partition coefficient (Wildman–Crippen LogP) is 3.72. The predicted molar refractivity (Wildman–Crippen MR) is 61.4 cm³/mol. The van der Waals surface area contributed by atoms with E-state index in [1.54, 1.807) is 0 Å². The first-order valence-electron chi connectivity index (χ1n) is 4.86. The van der Waals surface area contributed by atoms with E-state index in [-0.39, 0.29) is 5.56 Å². The van der Waals surface area contributed by atoms with Gasteiger partial charge in [-0.1, -0.05) is 30.3 Å². The van der Waals surface area contributed by atoms with Crippen LogP contribution < -0.4 is 0 Å². The average molecular weight is 279 g/mol. The lowest BCUT2D eigenvalue weighted by molar-refractivity contribution is -0.153. The van der Waals surface area contributed by atoms with Gasteiger partial charge < -0.3 is 4.74 Å². The quantitative estimate of drug-likeness (QED) is 0.622. The molecule has 0 saturated heterocycles. The molecule has 0 aromatic heterocycles. The van der Waals surface area contributed by atoms with Gasteiger partial charge in [0.25, 0.3) is 0 Å². The molecule has 2 nitrogen and oxygen atoms in total. The summed E-state index contributed by atoms with van der Waals surface area (Å²) < 4.78 is 43.1. The summed E-state index contributed by atoms with van der Waals surface area (Å²) in [7, 11) is 1.00. The standard InChI is InChI=1S/C12H10ClF3O2/c1-7(11(17)18-2)10(12(14,15)16)8-3-5-9(13)6-4-8/h3-6,10H,1H2,2H3/t10-/m1/s1. The van der Waals surface area contributed by atoms with Crippen LogP contribution in [0.15, 0.2) is 36.4 Å². The van der Waals surface area contributed by atoms with Crippen molar-refractivity contribution in [1.29, 1.82) is 0 Å². The van der Waals surface area contributed by atoms with Gasteiger partial charge in [-0.25, -0.2) is 4.79 Å². The summed E-state index contributed by atoms with van der Waals surface area (Å²) in [5.41, 5.74) is -0.769. The summed E-state index contributed by atoms with van der Waals surface area (Å²) in [6, 6.07) is 5.05. The van der Waals surface area contributed by atoms with Crippen molar-refractivity contribution in [2.75, 3.05) is 7.11 Å². The fourth-order valence-electron chi connectivity index (χ4n) is 1.49. The zero-order chi connectivity index (χ0) is 13.9. The Morgan fingerprint density at radius 3 is 2.22 bits per heavy atom. The summed E-state index contributed by atoms with van der Waals surface area (Å²) in [5, 5.41) is 0.309. The van der Waals surface area contributed by atoms with Crippen molar-refractivity contribution >= 4 is 17.6 Å². The SMILES string of the molecule is C=C(C(=O)OC)[C@H](c1ccc(Cl)cc1)C(F)(F)F. The molecule has 0 aliphatic rings. The van der Waals surface area contributed by atoms with E-state index in [1.165, 1.54) is 24.3 Å². The van der Waals surface area contributed by atoms with E-state index in [4.69, 9.17) is 11.6 Å². The summed E-state index contributed by atoms with van der Waals surface area (Å²) in [4.78, 5) is 11.2. The van der Waals surface area contributed by atoms with Crippen LogP contribution in [0, 0.1) is 0 Å². The molecule has 0 amide bonds. The van der Waals surface area contributed by atoms with E-state index >= 15 is 0 Å². The molecule has 1 aromatic carbocycles.